The van der Waals surface area contributed by atoms with Crippen molar-refractivity contribution in [3.63, 3.8) is 0 Å². The third kappa shape index (κ3) is 5.78. The van der Waals surface area contributed by atoms with Crippen molar-refractivity contribution in [3.05, 3.63) is 27.4 Å². The van der Waals surface area contributed by atoms with Gasteiger partial charge in [-0.15, -0.1) is 0 Å². The minimum atomic E-state index is -0.427. The molecule has 106 valence electrons. The van der Waals surface area contributed by atoms with Gasteiger partial charge < -0.3 is 10.6 Å². The minimum Gasteiger partial charge on any atom is -0.374 e. The Hall–Kier alpha value is -0.810. The van der Waals surface area contributed by atoms with E-state index in [9.17, 15) is 9.18 Å². The second-order valence-corrected chi connectivity index (χ2v) is 5.89. The third-order valence-electron chi connectivity index (χ3n) is 2.48. The lowest BCUT2D eigenvalue weighted by Crippen LogP contribution is -2.31. The first-order valence-electron chi connectivity index (χ1n) is 6.05. The maximum Gasteiger partial charge on any atom is 0.239 e. The molecular formula is C13H17BrClFN2O. The number of amides is 1. The molecule has 0 unspecified atom stereocenters. The molecule has 0 radical (unpaired) electrons. The number of nitrogens with one attached hydrogen (secondary N) is 2. The zero-order chi connectivity index (χ0) is 14.4. The minimum absolute atomic E-state index is 0.0993. The predicted molar refractivity (Wildman–Crippen MR) is 80.1 cm³/mol. The molecule has 3 nitrogen and oxygen atoms in total. The number of hydrogen-bond acceptors (Lipinski definition) is 2. The fourth-order valence-corrected chi connectivity index (χ4v) is 2.40. The van der Waals surface area contributed by atoms with E-state index in [0.29, 0.717) is 22.6 Å². The Bertz CT molecular complexity index is 431. The van der Waals surface area contributed by atoms with Crippen molar-refractivity contribution in [1.82, 2.24) is 5.32 Å². The van der Waals surface area contributed by atoms with Gasteiger partial charge in [-0.25, -0.2) is 4.39 Å². The van der Waals surface area contributed by atoms with Crippen LogP contribution in [0.2, 0.25) is 5.02 Å². The molecule has 1 aromatic rings. The van der Waals surface area contributed by atoms with Crippen LogP contribution in [0, 0.1) is 11.7 Å². The van der Waals surface area contributed by atoms with Crippen LogP contribution in [0.25, 0.3) is 0 Å². The van der Waals surface area contributed by atoms with Crippen LogP contribution in [-0.4, -0.2) is 19.0 Å². The van der Waals surface area contributed by atoms with E-state index in [4.69, 9.17) is 11.6 Å². The van der Waals surface area contributed by atoms with Crippen LogP contribution in [0.4, 0.5) is 10.1 Å². The van der Waals surface area contributed by atoms with Crippen molar-refractivity contribution >= 4 is 39.1 Å². The van der Waals surface area contributed by atoms with Gasteiger partial charge in [0.25, 0.3) is 0 Å². The van der Waals surface area contributed by atoms with Crippen molar-refractivity contribution in [2.75, 3.05) is 18.4 Å². The van der Waals surface area contributed by atoms with Crippen LogP contribution in [0.3, 0.4) is 0 Å². The molecule has 0 atom stereocenters. The van der Waals surface area contributed by atoms with Crippen LogP contribution in [0.15, 0.2) is 16.6 Å². The fourth-order valence-electron chi connectivity index (χ4n) is 1.44. The van der Waals surface area contributed by atoms with E-state index in [1.54, 1.807) is 0 Å². The molecule has 19 heavy (non-hydrogen) atoms. The topological polar surface area (TPSA) is 41.1 Å². The first-order chi connectivity index (χ1) is 8.90. The number of rotatable bonds is 6. The van der Waals surface area contributed by atoms with Gasteiger partial charge in [0.2, 0.25) is 5.91 Å². The van der Waals surface area contributed by atoms with E-state index in [1.807, 2.05) is 0 Å². The van der Waals surface area contributed by atoms with E-state index in [1.165, 1.54) is 12.1 Å². The maximum absolute atomic E-state index is 13.0. The highest BCUT2D eigenvalue weighted by Gasteiger charge is 2.09. The number of halogens is 3. The number of anilines is 1. The smallest absolute Gasteiger partial charge is 0.239 e. The summed E-state index contributed by atoms with van der Waals surface area (Å²) in [6.45, 7) is 4.94. The SMILES string of the molecule is CC(C)CCNC(=O)CNc1c(Cl)cc(F)cc1Br. The Morgan fingerprint density at radius 2 is 2.16 bits per heavy atom. The molecule has 0 aromatic heterocycles. The maximum atomic E-state index is 13.0. The monoisotopic (exact) mass is 350 g/mol. The average molecular weight is 352 g/mol. The molecule has 2 N–H and O–H groups in total. The Morgan fingerprint density at radius 3 is 2.74 bits per heavy atom. The number of carbonyl (C=O) groups is 1. The van der Waals surface area contributed by atoms with Crippen LogP contribution in [0.5, 0.6) is 0 Å². The Morgan fingerprint density at radius 1 is 1.47 bits per heavy atom. The zero-order valence-corrected chi connectivity index (χ0v) is 13.2. The quantitative estimate of drug-likeness (QED) is 0.818. The van der Waals surface area contributed by atoms with E-state index in [-0.39, 0.29) is 17.5 Å². The largest absolute Gasteiger partial charge is 0.374 e. The summed E-state index contributed by atoms with van der Waals surface area (Å²) in [5.74, 6) is 0.00528. The van der Waals surface area contributed by atoms with Gasteiger partial charge in [0.05, 0.1) is 17.3 Å². The highest BCUT2D eigenvalue weighted by atomic mass is 79.9. The van der Waals surface area contributed by atoms with Crippen molar-refractivity contribution in [3.8, 4) is 0 Å². The summed E-state index contributed by atoms with van der Waals surface area (Å²) in [4.78, 5) is 11.6. The van der Waals surface area contributed by atoms with Gasteiger partial charge in [-0.1, -0.05) is 25.4 Å². The van der Waals surface area contributed by atoms with Gasteiger partial charge in [0.1, 0.15) is 5.82 Å². The van der Waals surface area contributed by atoms with Crippen molar-refractivity contribution in [2.24, 2.45) is 5.92 Å². The second-order valence-electron chi connectivity index (χ2n) is 4.63. The summed E-state index contributed by atoms with van der Waals surface area (Å²) in [5.41, 5.74) is 0.516. The van der Waals surface area contributed by atoms with Gasteiger partial charge in [-0.3, -0.25) is 4.79 Å². The Kier molecular flexibility index (Phi) is 6.58. The standard InChI is InChI=1S/C13H17BrClFN2O/c1-8(2)3-4-17-12(19)7-18-13-10(14)5-9(16)6-11(13)15/h5-6,8,18H,3-4,7H2,1-2H3,(H,17,19). The van der Waals surface area contributed by atoms with E-state index in [2.05, 4.69) is 40.4 Å². The molecule has 0 aliphatic heterocycles. The average Bonchev–Trinajstić information content (AvgIpc) is 2.26. The molecule has 0 spiro atoms. The number of hydrogen-bond donors (Lipinski definition) is 2. The highest BCUT2D eigenvalue weighted by molar-refractivity contribution is 9.10. The van der Waals surface area contributed by atoms with Crippen LogP contribution in [0.1, 0.15) is 20.3 Å². The van der Waals surface area contributed by atoms with E-state index >= 15 is 0 Å². The number of carbonyl (C=O) groups excluding carboxylic acids is 1. The molecule has 6 heteroatoms. The normalized spacial score (nSPS) is 10.6. The number of benzene rings is 1. The lowest BCUT2D eigenvalue weighted by atomic mass is 10.1. The van der Waals surface area contributed by atoms with Gasteiger partial charge >= 0.3 is 0 Å². The lowest BCUT2D eigenvalue weighted by Gasteiger charge is -2.11. The summed E-state index contributed by atoms with van der Waals surface area (Å²) in [7, 11) is 0. The van der Waals surface area contributed by atoms with Crippen molar-refractivity contribution in [1.29, 1.82) is 0 Å². The lowest BCUT2D eigenvalue weighted by molar-refractivity contribution is -0.119. The van der Waals surface area contributed by atoms with Gasteiger partial charge in [-0.05, 0) is 40.4 Å². The molecule has 0 saturated heterocycles. The van der Waals surface area contributed by atoms with Gasteiger partial charge in [0, 0.05) is 11.0 Å². The molecule has 0 bridgehead atoms. The summed E-state index contributed by atoms with van der Waals surface area (Å²) in [6.07, 6.45) is 0.937. The molecule has 1 aromatic carbocycles. The first-order valence-corrected chi connectivity index (χ1v) is 7.22. The molecular weight excluding hydrogens is 335 g/mol. The van der Waals surface area contributed by atoms with Crippen LogP contribution < -0.4 is 10.6 Å². The Balaban J connectivity index is 2.46. The molecule has 0 heterocycles. The fraction of sp³-hybridized carbons (Fsp3) is 0.462. The molecule has 0 fully saturated rings. The first kappa shape index (κ1) is 16.2. The van der Waals surface area contributed by atoms with Gasteiger partial charge in [-0.2, -0.15) is 0 Å². The summed E-state index contributed by atoms with van der Waals surface area (Å²) in [5, 5.41) is 5.93. The van der Waals surface area contributed by atoms with Crippen LogP contribution in [-0.2, 0) is 4.79 Å². The summed E-state index contributed by atoms with van der Waals surface area (Å²) in [6, 6.07) is 2.50. The van der Waals surface area contributed by atoms with Crippen molar-refractivity contribution < 1.29 is 9.18 Å². The molecule has 0 aliphatic rings. The Labute approximate surface area is 126 Å². The summed E-state index contributed by atoms with van der Waals surface area (Å²) >= 11 is 9.10. The molecule has 0 aliphatic carbocycles. The molecule has 1 amide bonds. The molecule has 0 saturated carbocycles. The molecule has 1 rings (SSSR count). The zero-order valence-electron chi connectivity index (χ0n) is 10.9. The van der Waals surface area contributed by atoms with E-state index in [0.717, 1.165) is 6.42 Å². The van der Waals surface area contributed by atoms with Crippen LogP contribution >= 0.6 is 27.5 Å². The van der Waals surface area contributed by atoms with E-state index < -0.39 is 5.82 Å². The van der Waals surface area contributed by atoms with Gasteiger partial charge in [0.15, 0.2) is 0 Å². The third-order valence-corrected chi connectivity index (χ3v) is 3.40. The van der Waals surface area contributed by atoms with Crippen molar-refractivity contribution in [2.45, 2.75) is 20.3 Å². The second kappa shape index (κ2) is 7.70. The highest BCUT2D eigenvalue weighted by Crippen LogP contribution is 2.31. The summed E-state index contributed by atoms with van der Waals surface area (Å²) < 4.78 is 13.5. The predicted octanol–water partition coefficient (Wildman–Crippen LogP) is 3.82.